The quantitative estimate of drug-likeness (QED) is 0.756. The summed E-state index contributed by atoms with van der Waals surface area (Å²) >= 11 is 0. The molecule has 0 aromatic rings. The molecule has 2 aliphatic heterocycles. The zero-order valence-corrected chi connectivity index (χ0v) is 17.5. The maximum absolute atomic E-state index is 13.3. The van der Waals surface area contributed by atoms with E-state index in [1.807, 2.05) is 4.90 Å². The highest BCUT2D eigenvalue weighted by molar-refractivity contribution is 7.89. The van der Waals surface area contributed by atoms with E-state index in [-0.39, 0.29) is 30.3 Å². The number of amides is 1. The molecule has 2 unspecified atom stereocenters. The molecule has 2 saturated heterocycles. The second-order valence-electron chi connectivity index (χ2n) is 7.83. The lowest BCUT2D eigenvalue weighted by Gasteiger charge is -2.40. The van der Waals surface area contributed by atoms with E-state index in [0.717, 1.165) is 64.6 Å². The Bertz CT molecular complexity index is 564. The molecule has 8 heteroatoms. The summed E-state index contributed by atoms with van der Waals surface area (Å²) < 4.78 is 28.3. The fourth-order valence-electron chi connectivity index (χ4n) is 4.66. The highest BCUT2D eigenvalue weighted by Crippen LogP contribution is 2.29. The zero-order chi connectivity index (χ0) is 17.9. The van der Waals surface area contributed by atoms with Crippen molar-refractivity contribution in [1.82, 2.24) is 14.5 Å². The Labute approximate surface area is 164 Å². The van der Waals surface area contributed by atoms with Gasteiger partial charge in [-0.2, -0.15) is 4.31 Å². The maximum atomic E-state index is 13.3. The fraction of sp³-hybridized carbons (Fsp3) is 0.944. The molecule has 1 amide bonds. The average molecular weight is 408 g/mol. The van der Waals surface area contributed by atoms with Crippen LogP contribution in [0, 0.1) is 5.92 Å². The number of likely N-dealkylation sites (tertiary alicyclic amines) is 1. The number of hydrogen-bond donors (Lipinski definition) is 1. The van der Waals surface area contributed by atoms with Gasteiger partial charge < -0.3 is 10.2 Å². The van der Waals surface area contributed by atoms with E-state index < -0.39 is 15.3 Å². The molecule has 0 aromatic heterocycles. The summed E-state index contributed by atoms with van der Waals surface area (Å²) in [5, 5.41) is 2.89. The van der Waals surface area contributed by atoms with Gasteiger partial charge in [0.15, 0.2) is 0 Å². The second kappa shape index (κ2) is 9.71. The van der Waals surface area contributed by atoms with Crippen molar-refractivity contribution in [2.45, 2.75) is 69.6 Å². The molecule has 26 heavy (non-hydrogen) atoms. The summed E-state index contributed by atoms with van der Waals surface area (Å²) in [4.78, 5) is 14.6. The van der Waals surface area contributed by atoms with E-state index >= 15 is 0 Å². The number of piperazine rings is 1. The molecule has 0 radical (unpaired) electrons. The third-order valence-electron chi connectivity index (χ3n) is 6.06. The molecule has 2 heterocycles. The van der Waals surface area contributed by atoms with Crippen molar-refractivity contribution in [3.63, 3.8) is 0 Å². The smallest absolute Gasteiger partial charge is 0.225 e. The van der Waals surface area contributed by atoms with Crippen molar-refractivity contribution in [1.29, 1.82) is 0 Å². The van der Waals surface area contributed by atoms with E-state index in [9.17, 15) is 13.2 Å². The number of nitrogens with zero attached hydrogens (tertiary/aromatic N) is 2. The lowest BCUT2D eigenvalue weighted by atomic mass is 10.0. The minimum atomic E-state index is -3.35. The zero-order valence-electron chi connectivity index (χ0n) is 15.9. The number of rotatable bonds is 5. The Morgan fingerprint density at radius 2 is 1.85 bits per heavy atom. The highest BCUT2D eigenvalue weighted by Gasteiger charge is 2.41. The van der Waals surface area contributed by atoms with Crippen molar-refractivity contribution in [3.8, 4) is 0 Å². The second-order valence-corrected chi connectivity index (χ2v) is 10.00. The molecule has 0 aromatic carbocycles. The Morgan fingerprint density at radius 1 is 1.12 bits per heavy atom. The van der Waals surface area contributed by atoms with Crippen LogP contribution in [0.15, 0.2) is 0 Å². The summed E-state index contributed by atoms with van der Waals surface area (Å²) in [5.74, 6) is 0.330. The summed E-state index contributed by atoms with van der Waals surface area (Å²) in [6.45, 7) is 5.23. The fourth-order valence-corrected chi connectivity index (χ4v) is 6.82. The van der Waals surface area contributed by atoms with Crippen LogP contribution in [0.4, 0.5) is 0 Å². The Morgan fingerprint density at radius 3 is 2.54 bits per heavy atom. The minimum absolute atomic E-state index is 0. The molecule has 0 spiro atoms. The van der Waals surface area contributed by atoms with Gasteiger partial charge in [0.05, 0.1) is 5.25 Å². The first-order chi connectivity index (χ1) is 12.0. The lowest BCUT2D eigenvalue weighted by Crippen LogP contribution is -2.58. The predicted molar refractivity (Wildman–Crippen MR) is 106 cm³/mol. The van der Waals surface area contributed by atoms with Gasteiger partial charge in [-0.25, -0.2) is 8.42 Å². The van der Waals surface area contributed by atoms with Gasteiger partial charge in [0.2, 0.25) is 15.9 Å². The van der Waals surface area contributed by atoms with Crippen LogP contribution in [-0.2, 0) is 14.8 Å². The number of hydrogen-bond acceptors (Lipinski definition) is 4. The van der Waals surface area contributed by atoms with Gasteiger partial charge in [0, 0.05) is 44.7 Å². The molecule has 3 aliphatic rings. The van der Waals surface area contributed by atoms with Gasteiger partial charge in [-0.3, -0.25) is 4.79 Å². The van der Waals surface area contributed by atoms with Crippen LogP contribution < -0.4 is 5.32 Å². The molecule has 0 bridgehead atoms. The van der Waals surface area contributed by atoms with E-state index in [1.165, 1.54) is 0 Å². The minimum Gasteiger partial charge on any atom is -0.341 e. The molecule has 1 saturated carbocycles. The molecular formula is C18H34ClN3O3S. The molecule has 3 rings (SSSR count). The molecule has 3 fully saturated rings. The SMILES string of the molecule is CCCC1CNCCN1S(=O)(=O)C1CCCN(C(=O)C2CCCC2)C1.Cl. The van der Waals surface area contributed by atoms with Crippen molar-refractivity contribution in [2.75, 3.05) is 32.7 Å². The largest absolute Gasteiger partial charge is 0.341 e. The van der Waals surface area contributed by atoms with Gasteiger partial charge in [-0.15, -0.1) is 12.4 Å². The first kappa shape index (κ1) is 21.9. The van der Waals surface area contributed by atoms with E-state index in [0.29, 0.717) is 19.5 Å². The summed E-state index contributed by atoms with van der Waals surface area (Å²) in [6.07, 6.45) is 7.56. The average Bonchev–Trinajstić information content (AvgIpc) is 3.16. The molecule has 6 nitrogen and oxygen atoms in total. The van der Waals surface area contributed by atoms with Crippen LogP contribution in [-0.4, -0.2) is 67.5 Å². The van der Waals surface area contributed by atoms with Gasteiger partial charge >= 0.3 is 0 Å². The topological polar surface area (TPSA) is 69.7 Å². The first-order valence-corrected chi connectivity index (χ1v) is 11.5. The van der Waals surface area contributed by atoms with Crippen molar-refractivity contribution in [2.24, 2.45) is 5.92 Å². The van der Waals surface area contributed by atoms with E-state index in [1.54, 1.807) is 4.31 Å². The Balaban J connectivity index is 0.00000243. The summed E-state index contributed by atoms with van der Waals surface area (Å²) in [5.41, 5.74) is 0. The van der Waals surface area contributed by atoms with E-state index in [4.69, 9.17) is 0 Å². The van der Waals surface area contributed by atoms with Crippen molar-refractivity contribution >= 4 is 28.3 Å². The summed E-state index contributed by atoms with van der Waals surface area (Å²) in [6, 6.07) is 0.0599. The maximum Gasteiger partial charge on any atom is 0.225 e. The standard InChI is InChI=1S/C18H33N3O3S.ClH/c1-2-6-16-13-19-10-12-21(16)25(23,24)17-9-5-11-20(14-17)18(22)15-7-3-4-8-15;/h15-17,19H,2-14H2,1H3;1H. The van der Waals surface area contributed by atoms with Crippen molar-refractivity contribution in [3.05, 3.63) is 0 Å². The van der Waals surface area contributed by atoms with Gasteiger partial charge in [-0.05, 0) is 32.1 Å². The van der Waals surface area contributed by atoms with Crippen LogP contribution >= 0.6 is 12.4 Å². The number of sulfonamides is 1. The molecule has 1 aliphatic carbocycles. The van der Waals surface area contributed by atoms with Crippen LogP contribution in [0.3, 0.4) is 0 Å². The first-order valence-electron chi connectivity index (χ1n) is 10.0. The molecule has 2 atom stereocenters. The number of piperidine rings is 1. The molecule has 1 N–H and O–H groups in total. The normalized spacial score (nSPS) is 28.7. The Kier molecular flexibility index (Phi) is 8.19. The van der Waals surface area contributed by atoms with Gasteiger partial charge in [0.25, 0.3) is 0 Å². The summed E-state index contributed by atoms with van der Waals surface area (Å²) in [7, 11) is -3.35. The van der Waals surface area contributed by atoms with E-state index in [2.05, 4.69) is 12.2 Å². The monoisotopic (exact) mass is 407 g/mol. The highest BCUT2D eigenvalue weighted by atomic mass is 35.5. The van der Waals surface area contributed by atoms with Crippen LogP contribution in [0.25, 0.3) is 0 Å². The predicted octanol–water partition coefficient (Wildman–Crippen LogP) is 1.99. The Hall–Kier alpha value is -0.370. The lowest BCUT2D eigenvalue weighted by molar-refractivity contribution is -0.136. The van der Waals surface area contributed by atoms with Crippen molar-refractivity contribution < 1.29 is 13.2 Å². The van der Waals surface area contributed by atoms with Crippen LogP contribution in [0.5, 0.6) is 0 Å². The molecular weight excluding hydrogens is 374 g/mol. The third kappa shape index (κ3) is 4.72. The number of carbonyl (C=O) groups excluding carboxylic acids is 1. The van der Waals surface area contributed by atoms with Crippen LogP contribution in [0.2, 0.25) is 0 Å². The number of halogens is 1. The number of nitrogens with one attached hydrogen (secondary N) is 1. The number of carbonyl (C=O) groups is 1. The molecule has 152 valence electrons. The van der Waals surface area contributed by atoms with Crippen LogP contribution in [0.1, 0.15) is 58.3 Å². The third-order valence-corrected chi connectivity index (χ3v) is 8.42. The van der Waals surface area contributed by atoms with Gasteiger partial charge in [0.1, 0.15) is 0 Å². The van der Waals surface area contributed by atoms with Gasteiger partial charge in [-0.1, -0.05) is 26.2 Å².